The summed E-state index contributed by atoms with van der Waals surface area (Å²) in [4.78, 5) is 4.81. The van der Waals surface area contributed by atoms with Crippen LogP contribution in [0.25, 0.3) is 0 Å². The number of hydrogen-bond acceptors (Lipinski definition) is 2. The smallest absolute Gasteiger partial charge is 0.123 e. The number of alkyl halides is 1. The molecule has 100 valence electrons. The molecule has 0 spiro atoms. The average molecular weight is 271 g/mol. The van der Waals surface area contributed by atoms with Gasteiger partial charge >= 0.3 is 0 Å². The van der Waals surface area contributed by atoms with E-state index in [1.807, 2.05) is 19.1 Å². The largest absolute Gasteiger partial charge is 0.299 e. The summed E-state index contributed by atoms with van der Waals surface area (Å²) in [7, 11) is 0. The van der Waals surface area contributed by atoms with Gasteiger partial charge in [-0.2, -0.15) is 0 Å². The first kappa shape index (κ1) is 13.8. The summed E-state index contributed by atoms with van der Waals surface area (Å²) in [6.07, 6.45) is 0. The summed E-state index contributed by atoms with van der Waals surface area (Å²) in [5, 5.41) is 0.216. The van der Waals surface area contributed by atoms with Crippen LogP contribution >= 0.6 is 11.6 Å². The van der Waals surface area contributed by atoms with Crippen molar-refractivity contribution in [1.29, 1.82) is 0 Å². The van der Waals surface area contributed by atoms with Crippen molar-refractivity contribution in [1.82, 2.24) is 9.80 Å². The molecule has 1 heterocycles. The topological polar surface area (TPSA) is 6.48 Å². The molecule has 18 heavy (non-hydrogen) atoms. The summed E-state index contributed by atoms with van der Waals surface area (Å²) >= 11 is 6.00. The first-order chi connectivity index (χ1) is 8.63. The van der Waals surface area contributed by atoms with Gasteiger partial charge in [0, 0.05) is 44.6 Å². The fourth-order valence-corrected chi connectivity index (χ4v) is 2.53. The summed E-state index contributed by atoms with van der Waals surface area (Å²) in [5.41, 5.74) is 1.18. The molecule has 1 aromatic rings. The molecule has 2 rings (SSSR count). The standard InChI is InChI=1S/C14H20ClFN2/c1-12(15)10-17-6-8-18(9-7-17)11-13-2-4-14(16)5-3-13/h2-5,12H,6-11H2,1H3. The molecule has 1 aliphatic heterocycles. The molecule has 0 saturated carbocycles. The molecule has 0 bridgehead atoms. The lowest BCUT2D eigenvalue weighted by Crippen LogP contribution is -2.47. The van der Waals surface area contributed by atoms with Crippen molar-refractivity contribution in [2.75, 3.05) is 32.7 Å². The van der Waals surface area contributed by atoms with Gasteiger partial charge < -0.3 is 0 Å². The molecule has 0 aromatic heterocycles. The maximum atomic E-state index is 12.8. The molecule has 1 aromatic carbocycles. The maximum Gasteiger partial charge on any atom is 0.123 e. The quantitative estimate of drug-likeness (QED) is 0.776. The molecule has 1 saturated heterocycles. The number of hydrogen-bond donors (Lipinski definition) is 0. The summed E-state index contributed by atoms with van der Waals surface area (Å²) in [5.74, 6) is -0.167. The van der Waals surface area contributed by atoms with E-state index >= 15 is 0 Å². The normalized spacial score (nSPS) is 19.9. The molecule has 2 nitrogen and oxygen atoms in total. The van der Waals surface area contributed by atoms with Gasteiger partial charge in [-0.1, -0.05) is 12.1 Å². The second kappa shape index (κ2) is 6.50. The average Bonchev–Trinajstić information content (AvgIpc) is 2.34. The summed E-state index contributed by atoms with van der Waals surface area (Å²) < 4.78 is 12.8. The van der Waals surface area contributed by atoms with Crippen LogP contribution in [0.5, 0.6) is 0 Å². The van der Waals surface area contributed by atoms with Gasteiger partial charge in [0.2, 0.25) is 0 Å². The van der Waals surface area contributed by atoms with Crippen LogP contribution in [0.15, 0.2) is 24.3 Å². The molecule has 1 aliphatic rings. The summed E-state index contributed by atoms with van der Waals surface area (Å²) in [6.45, 7) is 8.15. The first-order valence-corrected chi connectivity index (χ1v) is 6.90. The maximum absolute atomic E-state index is 12.8. The van der Waals surface area contributed by atoms with Crippen molar-refractivity contribution in [3.05, 3.63) is 35.6 Å². The SMILES string of the molecule is CC(Cl)CN1CCN(Cc2ccc(F)cc2)CC1. The van der Waals surface area contributed by atoms with E-state index in [-0.39, 0.29) is 11.2 Å². The number of halogens is 2. The van der Waals surface area contributed by atoms with Crippen LogP contribution in [0.2, 0.25) is 0 Å². The van der Waals surface area contributed by atoms with E-state index < -0.39 is 0 Å². The first-order valence-electron chi connectivity index (χ1n) is 6.47. The third kappa shape index (κ3) is 4.23. The highest BCUT2D eigenvalue weighted by Gasteiger charge is 2.17. The van der Waals surface area contributed by atoms with Gasteiger partial charge in [-0.15, -0.1) is 11.6 Å². The monoisotopic (exact) mass is 270 g/mol. The van der Waals surface area contributed by atoms with E-state index in [0.29, 0.717) is 0 Å². The Morgan fingerprint density at radius 3 is 2.22 bits per heavy atom. The minimum atomic E-state index is -0.167. The second-order valence-electron chi connectivity index (χ2n) is 4.98. The fourth-order valence-electron chi connectivity index (χ4n) is 2.33. The lowest BCUT2D eigenvalue weighted by molar-refractivity contribution is 0.128. The van der Waals surface area contributed by atoms with Crippen LogP contribution in [0, 0.1) is 5.82 Å². The Morgan fingerprint density at radius 1 is 1.11 bits per heavy atom. The molecule has 0 aliphatic carbocycles. The Hall–Kier alpha value is -0.640. The number of benzene rings is 1. The molecule has 0 N–H and O–H groups in total. The van der Waals surface area contributed by atoms with E-state index in [2.05, 4.69) is 9.80 Å². The Morgan fingerprint density at radius 2 is 1.67 bits per heavy atom. The van der Waals surface area contributed by atoms with Crippen LogP contribution in [0.4, 0.5) is 4.39 Å². The Bertz CT molecular complexity index is 359. The zero-order chi connectivity index (χ0) is 13.0. The van der Waals surface area contributed by atoms with Gasteiger partial charge in [0.1, 0.15) is 5.82 Å². The Labute approximate surface area is 113 Å². The van der Waals surface area contributed by atoms with Gasteiger partial charge in [0.15, 0.2) is 0 Å². The van der Waals surface area contributed by atoms with Crippen molar-refractivity contribution in [2.24, 2.45) is 0 Å². The van der Waals surface area contributed by atoms with E-state index in [9.17, 15) is 4.39 Å². The molecule has 4 heteroatoms. The molecular formula is C14H20ClFN2. The Kier molecular flexibility index (Phi) is 4.98. The van der Waals surface area contributed by atoms with Crippen molar-refractivity contribution < 1.29 is 4.39 Å². The van der Waals surface area contributed by atoms with Crippen LogP contribution in [-0.2, 0) is 6.54 Å². The molecule has 1 unspecified atom stereocenters. The van der Waals surface area contributed by atoms with Gasteiger partial charge in [0.05, 0.1) is 0 Å². The lowest BCUT2D eigenvalue weighted by Gasteiger charge is -2.35. The lowest BCUT2D eigenvalue weighted by atomic mass is 10.2. The third-order valence-corrected chi connectivity index (χ3v) is 3.43. The van der Waals surface area contributed by atoms with E-state index in [1.54, 1.807) is 0 Å². The van der Waals surface area contributed by atoms with Gasteiger partial charge in [-0.25, -0.2) is 4.39 Å². The van der Waals surface area contributed by atoms with Crippen molar-refractivity contribution in [3.8, 4) is 0 Å². The number of rotatable bonds is 4. The highest BCUT2D eigenvalue weighted by atomic mass is 35.5. The van der Waals surface area contributed by atoms with E-state index in [0.717, 1.165) is 39.3 Å². The minimum Gasteiger partial charge on any atom is -0.299 e. The zero-order valence-corrected chi connectivity index (χ0v) is 11.5. The van der Waals surface area contributed by atoms with Crippen molar-refractivity contribution in [3.63, 3.8) is 0 Å². The second-order valence-corrected chi connectivity index (χ2v) is 5.73. The van der Waals surface area contributed by atoms with Gasteiger partial charge in [0.25, 0.3) is 0 Å². The van der Waals surface area contributed by atoms with Crippen LogP contribution in [0.3, 0.4) is 0 Å². The molecular weight excluding hydrogens is 251 g/mol. The summed E-state index contributed by atoms with van der Waals surface area (Å²) in [6, 6.07) is 6.78. The van der Waals surface area contributed by atoms with Gasteiger partial charge in [-0.05, 0) is 24.6 Å². The van der Waals surface area contributed by atoms with Crippen molar-refractivity contribution >= 4 is 11.6 Å². The highest BCUT2D eigenvalue weighted by molar-refractivity contribution is 6.20. The van der Waals surface area contributed by atoms with E-state index in [1.165, 1.54) is 17.7 Å². The number of nitrogens with zero attached hydrogens (tertiary/aromatic N) is 2. The minimum absolute atomic E-state index is 0.167. The predicted molar refractivity (Wildman–Crippen MR) is 73.4 cm³/mol. The third-order valence-electron chi connectivity index (χ3n) is 3.29. The molecule has 1 fully saturated rings. The fraction of sp³-hybridized carbons (Fsp3) is 0.571. The zero-order valence-electron chi connectivity index (χ0n) is 10.8. The van der Waals surface area contributed by atoms with Crippen molar-refractivity contribution in [2.45, 2.75) is 18.8 Å². The Balaban J connectivity index is 1.78. The molecule has 0 amide bonds. The predicted octanol–water partition coefficient (Wildman–Crippen LogP) is 2.57. The van der Waals surface area contributed by atoms with Crippen LogP contribution in [0.1, 0.15) is 12.5 Å². The van der Waals surface area contributed by atoms with Gasteiger partial charge in [-0.3, -0.25) is 9.80 Å². The molecule has 1 atom stereocenters. The molecule has 0 radical (unpaired) electrons. The van der Waals surface area contributed by atoms with Crippen LogP contribution < -0.4 is 0 Å². The van der Waals surface area contributed by atoms with Crippen LogP contribution in [-0.4, -0.2) is 47.9 Å². The highest BCUT2D eigenvalue weighted by Crippen LogP contribution is 2.10. The van der Waals surface area contributed by atoms with E-state index in [4.69, 9.17) is 11.6 Å². The number of piperazine rings is 1.